The van der Waals surface area contributed by atoms with Crippen molar-refractivity contribution in [2.24, 2.45) is 5.41 Å². The molecule has 6 heteroatoms. The Kier molecular flexibility index (Phi) is 6.00. The Hall–Kier alpha value is -0.880. The van der Waals surface area contributed by atoms with Crippen molar-refractivity contribution < 1.29 is 14.7 Å². The summed E-state index contributed by atoms with van der Waals surface area (Å²) in [6.07, 6.45) is 1.54. The smallest absolute Gasteiger partial charge is 0.303 e. The van der Waals surface area contributed by atoms with Crippen molar-refractivity contribution in [2.75, 3.05) is 6.54 Å². The number of carboxylic acids is 1. The molecule has 0 fully saturated rings. The minimum absolute atomic E-state index is 0.0789. The highest BCUT2D eigenvalue weighted by molar-refractivity contribution is 9.11. The predicted molar refractivity (Wildman–Crippen MR) is 79.6 cm³/mol. The van der Waals surface area contributed by atoms with Crippen LogP contribution in [0.2, 0.25) is 0 Å². The van der Waals surface area contributed by atoms with Gasteiger partial charge in [0.1, 0.15) is 0 Å². The number of amides is 1. The van der Waals surface area contributed by atoms with Crippen LogP contribution in [0, 0.1) is 5.41 Å². The van der Waals surface area contributed by atoms with Gasteiger partial charge >= 0.3 is 5.97 Å². The molecule has 4 nitrogen and oxygen atoms in total. The molecule has 2 N–H and O–H groups in total. The lowest BCUT2D eigenvalue weighted by Crippen LogP contribution is -2.27. The summed E-state index contributed by atoms with van der Waals surface area (Å²) in [6, 6.07) is 3.62. The normalized spacial score (nSPS) is 11.3. The monoisotopic (exact) mass is 347 g/mol. The summed E-state index contributed by atoms with van der Waals surface area (Å²) >= 11 is 4.71. The molecule has 0 aromatic carbocycles. The molecule has 1 aromatic rings. The van der Waals surface area contributed by atoms with Crippen LogP contribution < -0.4 is 5.32 Å². The number of carboxylic acid groups (broad SMARTS) is 1. The molecule has 19 heavy (non-hydrogen) atoms. The number of carbonyl (C=O) groups excluding carboxylic acids is 1. The molecular weight excluding hydrogens is 330 g/mol. The van der Waals surface area contributed by atoms with Crippen LogP contribution in [0.4, 0.5) is 0 Å². The van der Waals surface area contributed by atoms with Gasteiger partial charge in [-0.25, -0.2) is 0 Å². The fourth-order valence-corrected chi connectivity index (χ4v) is 2.91. The lowest BCUT2D eigenvalue weighted by molar-refractivity contribution is -0.137. The second-order valence-corrected chi connectivity index (χ2v) is 7.63. The first-order chi connectivity index (χ1) is 8.80. The standard InChI is InChI=1S/C13H18BrNO3S/c1-13(2,6-5-11(16)17)7-8-15-12(18)9-3-4-10(14)19-9/h3-4H,5-8H2,1-2H3,(H,15,18)(H,16,17). The van der Waals surface area contributed by atoms with Gasteiger partial charge in [0.25, 0.3) is 5.91 Å². The van der Waals surface area contributed by atoms with Gasteiger partial charge in [0.15, 0.2) is 0 Å². The van der Waals surface area contributed by atoms with Gasteiger partial charge in [-0.1, -0.05) is 13.8 Å². The van der Waals surface area contributed by atoms with Gasteiger partial charge in [-0.15, -0.1) is 11.3 Å². The zero-order valence-electron chi connectivity index (χ0n) is 11.0. The lowest BCUT2D eigenvalue weighted by Gasteiger charge is -2.23. The number of rotatable bonds is 7. The fraction of sp³-hybridized carbons (Fsp3) is 0.538. The number of aliphatic carboxylic acids is 1. The first-order valence-electron chi connectivity index (χ1n) is 6.05. The molecule has 1 aromatic heterocycles. The molecule has 1 heterocycles. The van der Waals surface area contributed by atoms with Crippen LogP contribution in [0.5, 0.6) is 0 Å². The van der Waals surface area contributed by atoms with Crippen LogP contribution in [0.25, 0.3) is 0 Å². The molecule has 106 valence electrons. The van der Waals surface area contributed by atoms with E-state index in [9.17, 15) is 9.59 Å². The first kappa shape index (κ1) is 16.2. The molecule has 1 rings (SSSR count). The second-order valence-electron chi connectivity index (χ2n) is 5.17. The van der Waals surface area contributed by atoms with E-state index >= 15 is 0 Å². The Balaban J connectivity index is 2.33. The largest absolute Gasteiger partial charge is 0.481 e. The summed E-state index contributed by atoms with van der Waals surface area (Å²) in [6.45, 7) is 4.59. The van der Waals surface area contributed by atoms with E-state index in [0.29, 0.717) is 17.8 Å². The molecule has 0 saturated heterocycles. The number of thiophene rings is 1. The Morgan fingerprint density at radius 2 is 2.05 bits per heavy atom. The molecule has 0 spiro atoms. The maximum atomic E-state index is 11.8. The second kappa shape index (κ2) is 7.05. The number of halogens is 1. The molecule has 0 aliphatic rings. The van der Waals surface area contributed by atoms with Crippen molar-refractivity contribution in [1.82, 2.24) is 5.32 Å². The third-order valence-corrected chi connectivity index (χ3v) is 4.52. The van der Waals surface area contributed by atoms with Gasteiger partial charge in [0, 0.05) is 13.0 Å². The van der Waals surface area contributed by atoms with Crippen LogP contribution in [-0.4, -0.2) is 23.5 Å². The topological polar surface area (TPSA) is 66.4 Å². The molecule has 0 radical (unpaired) electrons. The summed E-state index contributed by atoms with van der Waals surface area (Å²) < 4.78 is 0.930. The minimum atomic E-state index is -0.777. The van der Waals surface area contributed by atoms with Crippen LogP contribution in [-0.2, 0) is 4.79 Å². The van der Waals surface area contributed by atoms with Crippen molar-refractivity contribution in [1.29, 1.82) is 0 Å². The zero-order chi connectivity index (χ0) is 14.5. The molecule has 0 unspecified atom stereocenters. The average molecular weight is 348 g/mol. The van der Waals surface area contributed by atoms with Crippen molar-refractivity contribution in [3.8, 4) is 0 Å². The van der Waals surface area contributed by atoms with Gasteiger partial charge in [-0.2, -0.15) is 0 Å². The van der Waals surface area contributed by atoms with E-state index in [1.807, 2.05) is 19.9 Å². The van der Waals surface area contributed by atoms with E-state index in [1.54, 1.807) is 6.07 Å². The van der Waals surface area contributed by atoms with Crippen LogP contribution >= 0.6 is 27.3 Å². The Morgan fingerprint density at radius 3 is 2.58 bits per heavy atom. The van der Waals surface area contributed by atoms with Crippen molar-refractivity contribution in [2.45, 2.75) is 33.1 Å². The van der Waals surface area contributed by atoms with E-state index in [0.717, 1.165) is 10.2 Å². The highest BCUT2D eigenvalue weighted by Gasteiger charge is 2.19. The van der Waals surface area contributed by atoms with E-state index in [1.165, 1.54) is 11.3 Å². The van der Waals surface area contributed by atoms with E-state index in [4.69, 9.17) is 5.11 Å². The summed E-state index contributed by atoms with van der Waals surface area (Å²) in [5, 5.41) is 11.5. The Morgan fingerprint density at radius 1 is 1.37 bits per heavy atom. The maximum Gasteiger partial charge on any atom is 0.303 e. The van der Waals surface area contributed by atoms with E-state index in [2.05, 4.69) is 21.2 Å². The van der Waals surface area contributed by atoms with Gasteiger partial charge in [-0.3, -0.25) is 9.59 Å². The molecule has 0 saturated carbocycles. The maximum absolute atomic E-state index is 11.8. The van der Waals surface area contributed by atoms with E-state index < -0.39 is 5.97 Å². The van der Waals surface area contributed by atoms with Gasteiger partial charge < -0.3 is 10.4 Å². The van der Waals surface area contributed by atoms with Gasteiger partial charge in [-0.05, 0) is 46.3 Å². The third kappa shape index (κ3) is 6.20. The number of hydrogen-bond donors (Lipinski definition) is 2. The Labute approximate surface area is 125 Å². The van der Waals surface area contributed by atoms with Gasteiger partial charge in [0.2, 0.25) is 0 Å². The van der Waals surface area contributed by atoms with Crippen LogP contribution in [0.15, 0.2) is 15.9 Å². The molecular formula is C13H18BrNO3S. The lowest BCUT2D eigenvalue weighted by atomic mass is 9.84. The average Bonchev–Trinajstić information content (AvgIpc) is 2.73. The minimum Gasteiger partial charge on any atom is -0.481 e. The van der Waals surface area contributed by atoms with Crippen molar-refractivity contribution >= 4 is 39.1 Å². The van der Waals surface area contributed by atoms with Crippen LogP contribution in [0.1, 0.15) is 42.8 Å². The van der Waals surface area contributed by atoms with Crippen molar-refractivity contribution in [3.05, 3.63) is 20.8 Å². The molecule has 0 atom stereocenters. The Bertz CT molecular complexity index is 456. The predicted octanol–water partition coefficient (Wildman–Crippen LogP) is 3.52. The molecule has 0 aliphatic carbocycles. The summed E-state index contributed by atoms with van der Waals surface area (Å²) in [4.78, 5) is 23.0. The molecule has 0 aliphatic heterocycles. The fourth-order valence-electron chi connectivity index (χ4n) is 1.61. The number of carbonyl (C=O) groups is 2. The highest BCUT2D eigenvalue weighted by atomic mass is 79.9. The summed E-state index contributed by atoms with van der Waals surface area (Å²) in [5.74, 6) is -0.856. The van der Waals surface area contributed by atoms with Crippen LogP contribution in [0.3, 0.4) is 0 Å². The SMILES string of the molecule is CC(C)(CCNC(=O)c1ccc(Br)s1)CCC(=O)O. The molecule has 0 bridgehead atoms. The quantitative estimate of drug-likeness (QED) is 0.792. The zero-order valence-corrected chi connectivity index (χ0v) is 13.4. The number of hydrogen-bond acceptors (Lipinski definition) is 3. The third-order valence-electron chi connectivity index (χ3n) is 2.90. The van der Waals surface area contributed by atoms with E-state index in [-0.39, 0.29) is 17.7 Å². The first-order valence-corrected chi connectivity index (χ1v) is 7.66. The van der Waals surface area contributed by atoms with Gasteiger partial charge in [0.05, 0.1) is 8.66 Å². The van der Waals surface area contributed by atoms with Crippen molar-refractivity contribution in [3.63, 3.8) is 0 Å². The number of nitrogens with one attached hydrogen (secondary N) is 1. The summed E-state index contributed by atoms with van der Waals surface area (Å²) in [5.41, 5.74) is -0.0816. The molecule has 1 amide bonds. The highest BCUT2D eigenvalue weighted by Crippen LogP contribution is 2.26. The summed E-state index contributed by atoms with van der Waals surface area (Å²) in [7, 11) is 0.